The first-order valence-electron chi connectivity index (χ1n) is 5.87. The van der Waals surface area contributed by atoms with Crippen LogP contribution in [0, 0.1) is 0 Å². The zero-order chi connectivity index (χ0) is 14.2. The molecule has 0 aromatic heterocycles. The van der Waals surface area contributed by atoms with Crippen molar-refractivity contribution in [2.75, 3.05) is 0 Å². The largest absolute Gasteiger partial charge is 0.508 e. The van der Waals surface area contributed by atoms with Gasteiger partial charge < -0.3 is 20.4 Å². The van der Waals surface area contributed by atoms with Gasteiger partial charge in [0.05, 0.1) is 0 Å². The Kier molecular flexibility index (Phi) is 3.02. The molecule has 0 aliphatic rings. The summed E-state index contributed by atoms with van der Waals surface area (Å²) in [6.45, 7) is 3.53. The molecule has 0 amide bonds. The Morgan fingerprint density at radius 2 is 1.74 bits per heavy atom. The molecule has 2 aromatic carbocycles. The maximum Gasteiger partial charge on any atom is 0.270 e. The van der Waals surface area contributed by atoms with Crippen molar-refractivity contribution in [1.82, 2.24) is 0 Å². The van der Waals surface area contributed by atoms with Crippen molar-refractivity contribution in [2.45, 2.75) is 19.3 Å². The van der Waals surface area contributed by atoms with E-state index in [2.05, 4.69) is 0 Å². The minimum Gasteiger partial charge on any atom is -0.508 e. The number of benzene rings is 2. The maximum atomic E-state index is 10.1. The molecule has 0 saturated heterocycles. The van der Waals surface area contributed by atoms with Crippen LogP contribution in [0.2, 0.25) is 0 Å². The van der Waals surface area contributed by atoms with Crippen LogP contribution in [-0.2, 0) is 5.41 Å². The van der Waals surface area contributed by atoms with Gasteiger partial charge in [0, 0.05) is 17.1 Å². The van der Waals surface area contributed by atoms with E-state index in [0.29, 0.717) is 5.56 Å². The van der Waals surface area contributed by atoms with Gasteiger partial charge in [0.1, 0.15) is 11.5 Å². The number of hydrogen-bond donors (Lipinski definition) is 4. The summed E-state index contributed by atoms with van der Waals surface area (Å²) in [5, 5.41) is 39.2. The minimum absolute atomic E-state index is 0.0701. The molecule has 0 radical (unpaired) electrons. The SMILES string of the molecule is CC(C)(C=C(O)O)c1c(O)ccc2cc(O)ccc12. The van der Waals surface area contributed by atoms with Crippen LogP contribution in [0.15, 0.2) is 42.4 Å². The van der Waals surface area contributed by atoms with Gasteiger partial charge in [0.15, 0.2) is 0 Å². The molecule has 100 valence electrons. The van der Waals surface area contributed by atoms with Crippen molar-refractivity contribution in [1.29, 1.82) is 0 Å². The van der Waals surface area contributed by atoms with Gasteiger partial charge in [-0.1, -0.05) is 26.0 Å². The predicted molar refractivity (Wildman–Crippen MR) is 73.6 cm³/mol. The number of rotatable bonds is 2. The first-order valence-corrected chi connectivity index (χ1v) is 5.87. The molecule has 0 bridgehead atoms. The Morgan fingerprint density at radius 3 is 2.37 bits per heavy atom. The van der Waals surface area contributed by atoms with Gasteiger partial charge in [-0.25, -0.2) is 0 Å². The average Bonchev–Trinajstić information content (AvgIpc) is 2.27. The third-order valence-electron chi connectivity index (χ3n) is 3.12. The molecule has 2 rings (SSSR count). The van der Waals surface area contributed by atoms with Gasteiger partial charge >= 0.3 is 0 Å². The monoisotopic (exact) mass is 260 g/mol. The normalized spacial score (nSPS) is 11.5. The number of fused-ring (bicyclic) bond motifs is 1. The molecule has 0 atom stereocenters. The van der Waals surface area contributed by atoms with Crippen LogP contribution < -0.4 is 0 Å². The zero-order valence-electron chi connectivity index (χ0n) is 10.8. The van der Waals surface area contributed by atoms with E-state index < -0.39 is 11.4 Å². The molecule has 19 heavy (non-hydrogen) atoms. The Hall–Kier alpha value is -2.36. The van der Waals surface area contributed by atoms with Crippen LogP contribution in [0.25, 0.3) is 10.8 Å². The lowest BCUT2D eigenvalue weighted by atomic mass is 9.81. The highest BCUT2D eigenvalue weighted by Gasteiger charge is 2.25. The molecule has 0 aliphatic carbocycles. The molecule has 0 spiro atoms. The van der Waals surface area contributed by atoms with Crippen molar-refractivity contribution in [3.05, 3.63) is 47.9 Å². The first kappa shape index (κ1) is 13.1. The van der Waals surface area contributed by atoms with E-state index in [1.165, 1.54) is 18.2 Å². The van der Waals surface area contributed by atoms with E-state index in [-0.39, 0.29) is 11.5 Å². The Labute approximate surface area is 110 Å². The van der Waals surface area contributed by atoms with Crippen molar-refractivity contribution < 1.29 is 20.4 Å². The van der Waals surface area contributed by atoms with Crippen LogP contribution in [0.5, 0.6) is 11.5 Å². The Morgan fingerprint density at radius 1 is 1.05 bits per heavy atom. The molecular weight excluding hydrogens is 244 g/mol. The van der Waals surface area contributed by atoms with Crippen LogP contribution >= 0.6 is 0 Å². The number of aliphatic hydroxyl groups excluding tert-OH is 1. The zero-order valence-corrected chi connectivity index (χ0v) is 10.8. The molecule has 0 saturated carbocycles. The topological polar surface area (TPSA) is 80.9 Å². The molecule has 0 heterocycles. The minimum atomic E-state index is -0.791. The second-order valence-electron chi connectivity index (χ2n) is 5.09. The Bertz CT molecular complexity index is 652. The fourth-order valence-electron chi connectivity index (χ4n) is 2.38. The molecule has 4 nitrogen and oxygen atoms in total. The number of hydrogen-bond acceptors (Lipinski definition) is 4. The van der Waals surface area contributed by atoms with Gasteiger partial charge in [-0.15, -0.1) is 0 Å². The second-order valence-corrected chi connectivity index (χ2v) is 5.09. The van der Waals surface area contributed by atoms with E-state index in [1.54, 1.807) is 32.0 Å². The highest BCUT2D eigenvalue weighted by molar-refractivity contribution is 5.90. The van der Waals surface area contributed by atoms with Crippen LogP contribution in [-0.4, -0.2) is 20.4 Å². The summed E-state index contributed by atoms with van der Waals surface area (Å²) in [5.41, 5.74) is -0.190. The van der Waals surface area contributed by atoms with Gasteiger partial charge in [-0.05, 0) is 29.0 Å². The molecule has 0 aliphatic heterocycles. The van der Waals surface area contributed by atoms with Gasteiger partial charge in [0.2, 0.25) is 0 Å². The van der Waals surface area contributed by atoms with E-state index in [0.717, 1.165) is 10.8 Å². The number of aromatic hydroxyl groups is 2. The number of phenolic OH excluding ortho intramolecular Hbond substituents is 2. The van der Waals surface area contributed by atoms with Gasteiger partial charge in [0.25, 0.3) is 5.95 Å². The second kappa shape index (κ2) is 4.39. The van der Waals surface area contributed by atoms with Crippen LogP contribution in [0.4, 0.5) is 0 Å². The van der Waals surface area contributed by atoms with E-state index in [4.69, 9.17) is 10.2 Å². The lowest BCUT2D eigenvalue weighted by Crippen LogP contribution is -2.15. The standard InChI is InChI=1S/C15H16O4/c1-15(2,8-13(18)19)14-11-5-4-10(16)7-9(11)3-6-12(14)17/h3-8,16-19H,1-2H3. The summed E-state index contributed by atoms with van der Waals surface area (Å²) in [6, 6.07) is 8.05. The number of aliphatic hydroxyl groups is 2. The van der Waals surface area contributed by atoms with Gasteiger partial charge in [-0.3, -0.25) is 0 Å². The van der Waals surface area contributed by atoms with Crippen LogP contribution in [0.3, 0.4) is 0 Å². The summed E-state index contributed by atoms with van der Waals surface area (Å²) in [4.78, 5) is 0. The molecule has 4 heteroatoms. The van der Waals surface area contributed by atoms with Crippen molar-refractivity contribution in [3.8, 4) is 11.5 Å². The summed E-state index contributed by atoms with van der Waals surface area (Å²) >= 11 is 0. The van der Waals surface area contributed by atoms with Crippen molar-refractivity contribution in [2.24, 2.45) is 0 Å². The molecule has 0 unspecified atom stereocenters. The van der Waals surface area contributed by atoms with E-state index >= 15 is 0 Å². The fourth-order valence-corrected chi connectivity index (χ4v) is 2.38. The highest BCUT2D eigenvalue weighted by atomic mass is 16.5. The van der Waals surface area contributed by atoms with E-state index in [9.17, 15) is 10.2 Å². The molecule has 2 aromatic rings. The average molecular weight is 260 g/mol. The lowest BCUT2D eigenvalue weighted by Gasteiger charge is -2.24. The lowest BCUT2D eigenvalue weighted by molar-refractivity contribution is 0.185. The highest BCUT2D eigenvalue weighted by Crippen LogP contribution is 2.39. The molecule has 4 N–H and O–H groups in total. The van der Waals surface area contributed by atoms with Crippen LogP contribution in [0.1, 0.15) is 19.4 Å². The summed E-state index contributed by atoms with van der Waals surface area (Å²) in [7, 11) is 0. The summed E-state index contributed by atoms with van der Waals surface area (Å²) < 4.78 is 0. The maximum absolute atomic E-state index is 10.1. The first-order chi connectivity index (χ1) is 8.81. The number of phenols is 2. The summed E-state index contributed by atoms with van der Waals surface area (Å²) in [6.07, 6.45) is 1.26. The van der Waals surface area contributed by atoms with Crippen molar-refractivity contribution >= 4 is 10.8 Å². The smallest absolute Gasteiger partial charge is 0.270 e. The predicted octanol–water partition coefficient (Wildman–Crippen LogP) is 3.49. The van der Waals surface area contributed by atoms with Gasteiger partial charge in [-0.2, -0.15) is 0 Å². The summed E-state index contributed by atoms with van der Waals surface area (Å²) in [5.74, 6) is -0.580. The van der Waals surface area contributed by atoms with E-state index in [1.807, 2.05) is 0 Å². The quantitative estimate of drug-likeness (QED) is 0.623. The third-order valence-corrected chi connectivity index (χ3v) is 3.12. The third kappa shape index (κ3) is 2.42. The number of allylic oxidation sites excluding steroid dienone is 1. The molecule has 0 fully saturated rings. The fraction of sp³-hybridized carbons (Fsp3) is 0.200. The van der Waals surface area contributed by atoms with Crippen molar-refractivity contribution in [3.63, 3.8) is 0 Å². The Balaban J connectivity index is 2.78. The molecular formula is C15H16O4.